The van der Waals surface area contributed by atoms with Gasteiger partial charge >= 0.3 is 5.97 Å². The van der Waals surface area contributed by atoms with E-state index in [0.29, 0.717) is 0 Å². The Bertz CT molecular complexity index is 249. The zero-order valence-corrected chi connectivity index (χ0v) is 7.93. The summed E-state index contributed by atoms with van der Waals surface area (Å²) in [4.78, 5) is 11.1. The second-order valence-electron chi connectivity index (χ2n) is 4.59. The molecule has 0 atom stereocenters. The first-order chi connectivity index (χ1) is 6.46. The molecule has 0 aliphatic heterocycles. The Morgan fingerprint density at radius 2 is 1.64 bits per heavy atom. The summed E-state index contributed by atoms with van der Waals surface area (Å²) in [6.07, 6.45) is 1.60. The Kier molecular flexibility index (Phi) is 2.05. The van der Waals surface area contributed by atoms with Gasteiger partial charge < -0.3 is 5.11 Å². The highest BCUT2D eigenvalue weighted by molar-refractivity contribution is 5.75. The highest BCUT2D eigenvalue weighted by Crippen LogP contribution is 2.56. The van der Waals surface area contributed by atoms with Gasteiger partial charge in [-0.3, -0.25) is 4.79 Å². The molecule has 2 rings (SSSR count). The predicted molar refractivity (Wildman–Crippen MR) is 46.2 cm³/mol. The van der Waals surface area contributed by atoms with Crippen LogP contribution >= 0.6 is 0 Å². The number of carboxylic acids is 1. The first-order valence-corrected chi connectivity index (χ1v) is 5.08. The lowest BCUT2D eigenvalue weighted by Crippen LogP contribution is -2.40. The van der Waals surface area contributed by atoms with Crippen LogP contribution in [0.2, 0.25) is 0 Å². The number of carboxylic acid groups (broad SMARTS) is 1. The smallest absolute Gasteiger partial charge is 0.309 e. The van der Waals surface area contributed by atoms with Gasteiger partial charge in [-0.2, -0.15) is 0 Å². The third kappa shape index (κ3) is 1.51. The SMILES string of the molecule is O=C(O)C1(C2CC2)CCC(F)(F)CC1. The van der Waals surface area contributed by atoms with E-state index in [9.17, 15) is 13.6 Å². The molecule has 0 saturated heterocycles. The van der Waals surface area contributed by atoms with Crippen LogP contribution in [0.5, 0.6) is 0 Å². The second kappa shape index (κ2) is 2.91. The zero-order valence-electron chi connectivity index (χ0n) is 7.93. The Hall–Kier alpha value is -0.670. The number of aliphatic carboxylic acids is 1. The van der Waals surface area contributed by atoms with Crippen LogP contribution in [0.3, 0.4) is 0 Å². The third-order valence-electron chi connectivity index (χ3n) is 3.66. The molecule has 1 N–H and O–H groups in total. The van der Waals surface area contributed by atoms with E-state index >= 15 is 0 Å². The fourth-order valence-corrected chi connectivity index (χ4v) is 2.49. The molecule has 0 aromatic rings. The summed E-state index contributed by atoms with van der Waals surface area (Å²) in [5.41, 5.74) is -0.818. The molecule has 0 spiro atoms. The van der Waals surface area contributed by atoms with Crippen LogP contribution < -0.4 is 0 Å². The largest absolute Gasteiger partial charge is 0.481 e. The van der Waals surface area contributed by atoms with Gasteiger partial charge in [-0.05, 0) is 31.6 Å². The number of alkyl halides is 2. The molecule has 0 amide bonds. The quantitative estimate of drug-likeness (QED) is 0.750. The van der Waals surface area contributed by atoms with Gasteiger partial charge in [-0.1, -0.05) is 0 Å². The first-order valence-electron chi connectivity index (χ1n) is 5.08. The van der Waals surface area contributed by atoms with Crippen molar-refractivity contribution in [3.8, 4) is 0 Å². The molecule has 2 saturated carbocycles. The molecule has 2 aliphatic carbocycles. The molecule has 4 heteroatoms. The van der Waals surface area contributed by atoms with Crippen molar-refractivity contribution in [2.24, 2.45) is 11.3 Å². The lowest BCUT2D eigenvalue weighted by molar-refractivity contribution is -0.159. The second-order valence-corrected chi connectivity index (χ2v) is 4.59. The number of halogens is 2. The van der Waals surface area contributed by atoms with Gasteiger partial charge in [0.15, 0.2) is 0 Å². The van der Waals surface area contributed by atoms with E-state index in [-0.39, 0.29) is 31.6 Å². The monoisotopic (exact) mass is 204 g/mol. The van der Waals surface area contributed by atoms with Crippen molar-refractivity contribution in [1.82, 2.24) is 0 Å². The van der Waals surface area contributed by atoms with Gasteiger partial charge in [0.1, 0.15) is 0 Å². The fraction of sp³-hybridized carbons (Fsp3) is 0.900. The van der Waals surface area contributed by atoms with E-state index in [1.807, 2.05) is 0 Å². The van der Waals surface area contributed by atoms with E-state index in [4.69, 9.17) is 5.11 Å². The average molecular weight is 204 g/mol. The molecule has 80 valence electrons. The average Bonchev–Trinajstić information content (AvgIpc) is 2.87. The van der Waals surface area contributed by atoms with Crippen molar-refractivity contribution in [1.29, 1.82) is 0 Å². The lowest BCUT2D eigenvalue weighted by Gasteiger charge is -2.36. The minimum Gasteiger partial charge on any atom is -0.481 e. The molecule has 0 radical (unpaired) electrons. The molecule has 0 heterocycles. The van der Waals surface area contributed by atoms with Gasteiger partial charge in [-0.15, -0.1) is 0 Å². The third-order valence-corrected chi connectivity index (χ3v) is 3.66. The maximum absolute atomic E-state index is 12.9. The topological polar surface area (TPSA) is 37.3 Å². The van der Waals surface area contributed by atoms with Crippen LogP contribution in [0.1, 0.15) is 38.5 Å². The summed E-state index contributed by atoms with van der Waals surface area (Å²) in [6, 6.07) is 0. The van der Waals surface area contributed by atoms with Crippen LogP contribution in [0.25, 0.3) is 0 Å². The van der Waals surface area contributed by atoms with Crippen molar-refractivity contribution >= 4 is 5.97 Å². The van der Waals surface area contributed by atoms with Gasteiger partial charge in [0.2, 0.25) is 5.92 Å². The minimum absolute atomic E-state index is 0.153. The van der Waals surface area contributed by atoms with Gasteiger partial charge in [0.25, 0.3) is 0 Å². The normalized spacial score (nSPS) is 29.9. The van der Waals surface area contributed by atoms with Gasteiger partial charge in [-0.25, -0.2) is 8.78 Å². The van der Waals surface area contributed by atoms with Crippen molar-refractivity contribution in [3.63, 3.8) is 0 Å². The summed E-state index contributed by atoms with van der Waals surface area (Å²) in [5, 5.41) is 9.12. The van der Waals surface area contributed by atoms with Crippen LogP contribution in [-0.2, 0) is 4.79 Å². The van der Waals surface area contributed by atoms with Gasteiger partial charge in [0.05, 0.1) is 5.41 Å². The van der Waals surface area contributed by atoms with E-state index in [1.54, 1.807) is 0 Å². The van der Waals surface area contributed by atoms with E-state index in [0.717, 1.165) is 12.8 Å². The molecular weight excluding hydrogens is 190 g/mol. The molecular formula is C10H14F2O2. The number of carbonyl (C=O) groups is 1. The molecule has 0 unspecified atom stereocenters. The minimum atomic E-state index is -2.63. The van der Waals surface area contributed by atoms with Crippen LogP contribution in [0.4, 0.5) is 8.78 Å². The maximum atomic E-state index is 12.9. The summed E-state index contributed by atoms with van der Waals surface area (Å²) in [7, 11) is 0. The predicted octanol–water partition coefficient (Wildman–Crippen LogP) is 2.68. The van der Waals surface area contributed by atoms with Crippen molar-refractivity contribution in [2.75, 3.05) is 0 Å². The summed E-state index contributed by atoms with van der Waals surface area (Å²) in [5.74, 6) is -3.33. The fourth-order valence-electron chi connectivity index (χ4n) is 2.49. The Morgan fingerprint density at radius 3 is 2.00 bits per heavy atom. The van der Waals surface area contributed by atoms with Crippen LogP contribution in [-0.4, -0.2) is 17.0 Å². The Balaban J connectivity index is 2.11. The van der Waals surface area contributed by atoms with E-state index < -0.39 is 17.3 Å². The first kappa shape index (κ1) is 9.87. The number of rotatable bonds is 2. The zero-order chi connectivity index (χ0) is 10.4. The van der Waals surface area contributed by atoms with E-state index in [2.05, 4.69) is 0 Å². The maximum Gasteiger partial charge on any atom is 0.309 e. The van der Waals surface area contributed by atoms with Crippen LogP contribution in [0, 0.1) is 11.3 Å². The van der Waals surface area contributed by atoms with Crippen molar-refractivity contribution in [3.05, 3.63) is 0 Å². The Labute approximate surface area is 81.3 Å². The summed E-state index contributed by atoms with van der Waals surface area (Å²) < 4.78 is 25.8. The highest BCUT2D eigenvalue weighted by atomic mass is 19.3. The van der Waals surface area contributed by atoms with E-state index in [1.165, 1.54) is 0 Å². The van der Waals surface area contributed by atoms with Crippen molar-refractivity contribution < 1.29 is 18.7 Å². The molecule has 2 fully saturated rings. The molecule has 0 aromatic heterocycles. The molecule has 14 heavy (non-hydrogen) atoms. The lowest BCUT2D eigenvalue weighted by atomic mass is 9.69. The summed E-state index contributed by atoms with van der Waals surface area (Å²) >= 11 is 0. The number of hydrogen-bond donors (Lipinski definition) is 1. The van der Waals surface area contributed by atoms with Crippen molar-refractivity contribution in [2.45, 2.75) is 44.4 Å². The number of hydrogen-bond acceptors (Lipinski definition) is 1. The highest BCUT2D eigenvalue weighted by Gasteiger charge is 2.55. The summed E-state index contributed by atoms with van der Waals surface area (Å²) in [6.45, 7) is 0. The Morgan fingerprint density at radius 1 is 1.14 bits per heavy atom. The van der Waals surface area contributed by atoms with Crippen LogP contribution in [0.15, 0.2) is 0 Å². The standard InChI is InChI=1S/C10H14F2O2/c11-10(12)5-3-9(4-6-10,8(13)14)7-1-2-7/h7H,1-6H2,(H,13,14). The molecule has 0 bridgehead atoms. The van der Waals surface area contributed by atoms with Gasteiger partial charge in [0, 0.05) is 12.8 Å². The molecule has 2 nitrogen and oxygen atoms in total. The molecule has 0 aromatic carbocycles. The molecule has 2 aliphatic rings.